The molecule has 10 heteroatoms. The Balaban J connectivity index is 1.82. The van der Waals surface area contributed by atoms with Crippen molar-refractivity contribution < 1.29 is 13.2 Å². The first-order chi connectivity index (χ1) is 11.8. The Hall–Kier alpha value is -2.91. The molecule has 0 fully saturated rings. The highest BCUT2D eigenvalue weighted by Crippen LogP contribution is 2.30. The van der Waals surface area contributed by atoms with Crippen molar-refractivity contribution in [2.75, 3.05) is 17.2 Å². The molecule has 25 heavy (non-hydrogen) atoms. The molecule has 1 aliphatic rings. The van der Waals surface area contributed by atoms with Gasteiger partial charge >= 0.3 is 6.18 Å². The van der Waals surface area contributed by atoms with Crippen LogP contribution in [0.3, 0.4) is 0 Å². The molecule has 0 saturated heterocycles. The van der Waals surface area contributed by atoms with Crippen LogP contribution in [0.4, 0.5) is 24.7 Å². The molecule has 4 rings (SSSR count). The second-order valence-corrected chi connectivity index (χ2v) is 5.90. The van der Waals surface area contributed by atoms with Crippen molar-refractivity contribution >= 4 is 17.3 Å². The van der Waals surface area contributed by atoms with Crippen molar-refractivity contribution in [3.8, 4) is 0 Å². The van der Waals surface area contributed by atoms with E-state index in [4.69, 9.17) is 5.73 Å². The van der Waals surface area contributed by atoms with Gasteiger partial charge in [0, 0.05) is 54.4 Å². The summed E-state index contributed by atoms with van der Waals surface area (Å²) in [6, 6.07) is 3.41. The summed E-state index contributed by atoms with van der Waals surface area (Å²) in [5.41, 5.74) is 9.00. The zero-order valence-corrected chi connectivity index (χ0v) is 13.2. The molecule has 0 bridgehead atoms. The standard InChI is InChI=1S/C15H14F3N7/c1-8-6-12(25-14(21-8)22-13(23-25)15(16,17)18)24-5-3-11-9(7-24)10(19)2-4-20-11/h2,4,6H,3,5,7H2,1H3,(H2,19,20). The number of nitrogens with two attached hydrogens (primary N) is 1. The van der Waals surface area contributed by atoms with Gasteiger partial charge in [0.25, 0.3) is 11.6 Å². The molecule has 0 atom stereocenters. The minimum atomic E-state index is -4.62. The minimum Gasteiger partial charge on any atom is -0.398 e. The molecule has 0 unspecified atom stereocenters. The van der Waals surface area contributed by atoms with Crippen LogP contribution in [0.2, 0.25) is 0 Å². The minimum absolute atomic E-state index is 0.0766. The number of pyridine rings is 1. The van der Waals surface area contributed by atoms with Crippen LogP contribution in [0, 0.1) is 6.92 Å². The summed E-state index contributed by atoms with van der Waals surface area (Å²) >= 11 is 0. The van der Waals surface area contributed by atoms with Crippen molar-refractivity contribution in [3.05, 3.63) is 41.1 Å². The van der Waals surface area contributed by atoms with Crippen LogP contribution >= 0.6 is 0 Å². The zero-order valence-electron chi connectivity index (χ0n) is 13.2. The quantitative estimate of drug-likeness (QED) is 0.723. The van der Waals surface area contributed by atoms with Crippen molar-refractivity contribution in [1.29, 1.82) is 0 Å². The molecule has 130 valence electrons. The molecule has 4 heterocycles. The first kappa shape index (κ1) is 15.6. The number of rotatable bonds is 1. The number of alkyl halides is 3. The van der Waals surface area contributed by atoms with Gasteiger partial charge in [0.2, 0.25) is 0 Å². The van der Waals surface area contributed by atoms with Crippen LogP contribution in [-0.2, 0) is 19.1 Å². The predicted octanol–water partition coefficient (Wildman–Crippen LogP) is 1.99. The van der Waals surface area contributed by atoms with E-state index in [1.807, 2.05) is 4.90 Å². The second-order valence-electron chi connectivity index (χ2n) is 5.90. The van der Waals surface area contributed by atoms with E-state index in [9.17, 15) is 13.2 Å². The number of nitrogens with zero attached hydrogens (tertiary/aromatic N) is 6. The molecule has 0 aliphatic carbocycles. The lowest BCUT2D eigenvalue weighted by Crippen LogP contribution is -2.33. The van der Waals surface area contributed by atoms with Crippen LogP contribution in [0.15, 0.2) is 18.3 Å². The first-order valence-corrected chi connectivity index (χ1v) is 7.62. The van der Waals surface area contributed by atoms with Gasteiger partial charge in [-0.05, 0) is 13.0 Å². The van der Waals surface area contributed by atoms with E-state index in [0.717, 1.165) is 15.8 Å². The Kier molecular flexibility index (Phi) is 3.31. The summed E-state index contributed by atoms with van der Waals surface area (Å²) in [5.74, 6) is -0.780. The van der Waals surface area contributed by atoms with Gasteiger partial charge in [0.1, 0.15) is 5.82 Å². The van der Waals surface area contributed by atoms with E-state index < -0.39 is 12.0 Å². The van der Waals surface area contributed by atoms with Gasteiger partial charge in [-0.15, -0.1) is 5.10 Å². The Bertz CT molecular complexity index is 964. The highest BCUT2D eigenvalue weighted by atomic mass is 19.4. The van der Waals surface area contributed by atoms with Crippen LogP contribution in [0.25, 0.3) is 5.78 Å². The molecular weight excluding hydrogens is 335 g/mol. The lowest BCUT2D eigenvalue weighted by Gasteiger charge is -2.30. The SMILES string of the molecule is Cc1cc(N2CCc3nccc(N)c3C2)n2nc(C(F)(F)F)nc2n1. The molecule has 0 amide bonds. The molecule has 1 aliphatic heterocycles. The van der Waals surface area contributed by atoms with Crippen LogP contribution in [-0.4, -0.2) is 31.1 Å². The van der Waals surface area contributed by atoms with Crippen LogP contribution in [0.1, 0.15) is 22.8 Å². The van der Waals surface area contributed by atoms with E-state index in [-0.39, 0.29) is 5.78 Å². The zero-order chi connectivity index (χ0) is 17.8. The largest absolute Gasteiger partial charge is 0.453 e. The monoisotopic (exact) mass is 349 g/mol. The highest BCUT2D eigenvalue weighted by molar-refractivity contribution is 5.55. The number of fused-ring (bicyclic) bond motifs is 2. The normalized spacial score (nSPS) is 14.8. The lowest BCUT2D eigenvalue weighted by molar-refractivity contribution is -0.144. The first-order valence-electron chi connectivity index (χ1n) is 7.62. The third-order valence-electron chi connectivity index (χ3n) is 4.15. The Morgan fingerprint density at radius 2 is 2.04 bits per heavy atom. The van der Waals surface area contributed by atoms with Crippen molar-refractivity contribution in [3.63, 3.8) is 0 Å². The summed E-state index contributed by atoms with van der Waals surface area (Å²) in [6.45, 7) is 2.73. The van der Waals surface area contributed by atoms with E-state index in [2.05, 4.69) is 20.1 Å². The van der Waals surface area contributed by atoms with Gasteiger partial charge in [-0.25, -0.2) is 4.98 Å². The molecule has 3 aromatic heterocycles. The van der Waals surface area contributed by atoms with Crippen molar-refractivity contribution in [2.45, 2.75) is 26.1 Å². The number of hydrogen-bond acceptors (Lipinski definition) is 6. The third kappa shape index (κ3) is 2.63. The Morgan fingerprint density at radius 1 is 1.24 bits per heavy atom. The van der Waals surface area contributed by atoms with E-state index >= 15 is 0 Å². The smallest absolute Gasteiger partial charge is 0.398 e. The number of anilines is 2. The van der Waals surface area contributed by atoms with Gasteiger partial charge in [-0.3, -0.25) is 4.98 Å². The van der Waals surface area contributed by atoms with Gasteiger partial charge < -0.3 is 10.6 Å². The van der Waals surface area contributed by atoms with Crippen molar-refractivity contribution in [2.24, 2.45) is 0 Å². The van der Waals surface area contributed by atoms with Crippen LogP contribution < -0.4 is 10.6 Å². The second kappa shape index (κ2) is 5.30. The Labute approximate surface area is 140 Å². The molecule has 0 radical (unpaired) electrons. The van der Waals surface area contributed by atoms with Gasteiger partial charge in [-0.1, -0.05) is 0 Å². The lowest BCUT2D eigenvalue weighted by atomic mass is 10.0. The fourth-order valence-electron chi connectivity index (χ4n) is 2.97. The third-order valence-corrected chi connectivity index (χ3v) is 4.15. The Morgan fingerprint density at radius 3 is 2.80 bits per heavy atom. The van der Waals surface area contributed by atoms with Gasteiger partial charge in [-0.2, -0.15) is 22.7 Å². The molecule has 7 nitrogen and oxygen atoms in total. The van der Waals surface area contributed by atoms with E-state index in [1.165, 1.54) is 0 Å². The molecule has 3 aromatic rings. The van der Waals surface area contributed by atoms with E-state index in [1.54, 1.807) is 25.3 Å². The average Bonchev–Trinajstić information content (AvgIpc) is 2.98. The number of aryl methyl sites for hydroxylation is 1. The van der Waals surface area contributed by atoms with Gasteiger partial charge in [0.05, 0.1) is 0 Å². The summed E-state index contributed by atoms with van der Waals surface area (Å²) in [4.78, 5) is 13.8. The highest BCUT2D eigenvalue weighted by Gasteiger charge is 2.37. The summed E-state index contributed by atoms with van der Waals surface area (Å²) in [5, 5.41) is 3.61. The molecule has 0 saturated carbocycles. The number of aromatic nitrogens is 5. The maximum absolute atomic E-state index is 12.9. The van der Waals surface area contributed by atoms with Gasteiger partial charge in [0.15, 0.2) is 0 Å². The van der Waals surface area contributed by atoms with Crippen LogP contribution in [0.5, 0.6) is 0 Å². The maximum atomic E-state index is 12.9. The number of nitrogen functional groups attached to an aromatic ring is 1. The van der Waals surface area contributed by atoms with E-state index in [0.29, 0.717) is 36.7 Å². The summed E-state index contributed by atoms with van der Waals surface area (Å²) in [7, 11) is 0. The number of hydrogen-bond donors (Lipinski definition) is 1. The van der Waals surface area contributed by atoms with Crippen molar-refractivity contribution in [1.82, 2.24) is 24.6 Å². The average molecular weight is 349 g/mol. The topological polar surface area (TPSA) is 85.2 Å². The summed E-state index contributed by atoms with van der Waals surface area (Å²) in [6.07, 6.45) is -2.32. The molecular formula is C15H14F3N7. The molecule has 2 N–H and O–H groups in total. The number of halogens is 3. The summed E-state index contributed by atoms with van der Waals surface area (Å²) < 4.78 is 40.0. The fourth-order valence-corrected chi connectivity index (χ4v) is 2.97. The maximum Gasteiger partial charge on any atom is 0.453 e. The molecule has 0 aromatic carbocycles. The fraction of sp³-hybridized carbons (Fsp3) is 0.333. The predicted molar refractivity (Wildman–Crippen MR) is 83.9 cm³/mol. The molecule has 0 spiro atoms.